The van der Waals surface area contributed by atoms with E-state index in [-0.39, 0.29) is 49.2 Å². The van der Waals surface area contributed by atoms with Crippen LogP contribution in [0.25, 0.3) is 0 Å². The third kappa shape index (κ3) is 5.11. The zero-order valence-corrected chi connectivity index (χ0v) is 15.4. The van der Waals surface area contributed by atoms with E-state index in [1.54, 1.807) is 7.11 Å². The number of nitrogens with one attached hydrogen (secondary N) is 2. The van der Waals surface area contributed by atoms with Crippen LogP contribution in [0.3, 0.4) is 0 Å². The largest absolute Gasteiger partial charge is 0.385 e. The maximum Gasteiger partial charge on any atom is 0.261 e. The number of carbonyl (C=O) groups excluding carboxylic acids is 4. The van der Waals surface area contributed by atoms with E-state index >= 15 is 0 Å². The molecule has 1 heterocycles. The summed E-state index contributed by atoms with van der Waals surface area (Å²) in [5, 5.41) is 5.23. The highest BCUT2D eigenvalue weighted by Crippen LogP contribution is 2.24. The molecule has 2 N–H and O–H groups in total. The summed E-state index contributed by atoms with van der Waals surface area (Å²) in [5.74, 6) is -1.44. The fourth-order valence-electron chi connectivity index (χ4n) is 2.66. The first-order chi connectivity index (χ1) is 13.0. The van der Waals surface area contributed by atoms with Gasteiger partial charge in [0.05, 0.1) is 11.1 Å². The molecule has 1 aromatic rings. The van der Waals surface area contributed by atoms with Crippen molar-refractivity contribution >= 4 is 23.6 Å². The summed E-state index contributed by atoms with van der Waals surface area (Å²) in [5.41, 5.74) is 0.788. The number of imide groups is 1. The fourth-order valence-corrected chi connectivity index (χ4v) is 2.66. The van der Waals surface area contributed by atoms with Gasteiger partial charge >= 0.3 is 0 Å². The second kappa shape index (κ2) is 9.79. The standard InChI is InChI=1S/C18H23N3O6/c1-26-9-3-8-21-17(24)13-5-4-12(10-14(13)18(21)25)16(23)20-7-6-19-15(22)11-27-2/h4-5,10H,3,6-9,11H2,1-2H3,(H,19,22)(H,20,23). The molecular formula is C18H23N3O6. The molecule has 1 aromatic carbocycles. The molecule has 0 saturated heterocycles. The normalized spacial score (nSPS) is 12.9. The van der Waals surface area contributed by atoms with E-state index in [2.05, 4.69) is 15.4 Å². The smallest absolute Gasteiger partial charge is 0.261 e. The van der Waals surface area contributed by atoms with Gasteiger partial charge in [-0.25, -0.2) is 0 Å². The summed E-state index contributed by atoms with van der Waals surface area (Å²) in [6.45, 7) is 1.14. The zero-order chi connectivity index (χ0) is 19.8. The molecule has 1 aliphatic rings. The molecule has 0 atom stereocenters. The molecule has 0 radical (unpaired) electrons. The van der Waals surface area contributed by atoms with Crippen molar-refractivity contribution in [1.82, 2.24) is 15.5 Å². The lowest BCUT2D eigenvalue weighted by Crippen LogP contribution is -2.36. The van der Waals surface area contributed by atoms with Crippen molar-refractivity contribution in [3.05, 3.63) is 34.9 Å². The van der Waals surface area contributed by atoms with Gasteiger partial charge in [-0.1, -0.05) is 0 Å². The van der Waals surface area contributed by atoms with Crippen molar-refractivity contribution in [2.24, 2.45) is 0 Å². The molecule has 0 unspecified atom stereocenters. The molecule has 0 saturated carbocycles. The van der Waals surface area contributed by atoms with E-state index in [4.69, 9.17) is 4.74 Å². The summed E-state index contributed by atoms with van der Waals surface area (Å²) in [7, 11) is 2.97. The van der Waals surface area contributed by atoms with Crippen LogP contribution in [-0.2, 0) is 14.3 Å². The van der Waals surface area contributed by atoms with Crippen LogP contribution in [0.2, 0.25) is 0 Å². The van der Waals surface area contributed by atoms with E-state index in [0.717, 1.165) is 4.90 Å². The van der Waals surface area contributed by atoms with Crippen LogP contribution in [0, 0.1) is 0 Å². The number of methoxy groups -OCH3 is 2. The predicted molar refractivity (Wildman–Crippen MR) is 95.5 cm³/mol. The molecular weight excluding hydrogens is 354 g/mol. The topological polar surface area (TPSA) is 114 Å². The van der Waals surface area contributed by atoms with E-state index in [1.165, 1.54) is 25.3 Å². The highest BCUT2D eigenvalue weighted by atomic mass is 16.5. The summed E-state index contributed by atoms with van der Waals surface area (Å²) >= 11 is 0. The lowest BCUT2D eigenvalue weighted by atomic mass is 10.1. The number of nitrogens with zero attached hydrogens (tertiary/aromatic N) is 1. The first-order valence-corrected chi connectivity index (χ1v) is 8.52. The minimum atomic E-state index is -0.410. The molecule has 0 fully saturated rings. The maximum absolute atomic E-state index is 12.4. The van der Waals surface area contributed by atoms with Crippen molar-refractivity contribution in [2.45, 2.75) is 6.42 Å². The van der Waals surface area contributed by atoms with Gasteiger partial charge in [-0.3, -0.25) is 24.1 Å². The van der Waals surface area contributed by atoms with Gasteiger partial charge in [0.2, 0.25) is 5.91 Å². The Morgan fingerprint density at radius 3 is 2.41 bits per heavy atom. The number of carbonyl (C=O) groups is 4. The highest BCUT2D eigenvalue weighted by molar-refractivity contribution is 6.22. The van der Waals surface area contributed by atoms with Gasteiger partial charge in [-0.15, -0.1) is 0 Å². The molecule has 0 bridgehead atoms. The fraction of sp³-hybridized carbons (Fsp3) is 0.444. The molecule has 27 heavy (non-hydrogen) atoms. The summed E-state index contributed by atoms with van der Waals surface area (Å²) in [4.78, 5) is 49.4. The Hall–Kier alpha value is -2.78. The average Bonchev–Trinajstić information content (AvgIpc) is 2.90. The summed E-state index contributed by atoms with van der Waals surface area (Å²) < 4.78 is 9.62. The second-order valence-electron chi connectivity index (χ2n) is 5.91. The Labute approximate surface area is 157 Å². The molecule has 0 spiro atoms. The van der Waals surface area contributed by atoms with Crippen molar-refractivity contribution in [1.29, 1.82) is 0 Å². The third-order valence-electron chi connectivity index (χ3n) is 3.97. The number of fused-ring (bicyclic) bond motifs is 1. The highest BCUT2D eigenvalue weighted by Gasteiger charge is 2.35. The van der Waals surface area contributed by atoms with E-state index in [1.807, 2.05) is 0 Å². The molecule has 0 aromatic heterocycles. The number of amides is 4. The van der Waals surface area contributed by atoms with Crippen molar-refractivity contribution in [3.63, 3.8) is 0 Å². The van der Waals surface area contributed by atoms with Crippen LogP contribution in [-0.4, -0.2) is 75.6 Å². The SMILES string of the molecule is COCCCN1C(=O)c2ccc(C(=O)NCCNC(=O)COC)cc2C1=O. The Morgan fingerprint density at radius 1 is 1.00 bits per heavy atom. The first-order valence-electron chi connectivity index (χ1n) is 8.52. The predicted octanol–water partition coefficient (Wildman–Crippen LogP) is -0.188. The Morgan fingerprint density at radius 2 is 1.70 bits per heavy atom. The lowest BCUT2D eigenvalue weighted by Gasteiger charge is -2.12. The van der Waals surface area contributed by atoms with Crippen LogP contribution in [0.15, 0.2) is 18.2 Å². The Balaban J connectivity index is 1.94. The molecule has 0 aliphatic carbocycles. The number of hydrogen-bond donors (Lipinski definition) is 2. The molecule has 1 aliphatic heterocycles. The van der Waals surface area contributed by atoms with Crippen LogP contribution >= 0.6 is 0 Å². The molecule has 2 rings (SSSR count). The molecule has 146 valence electrons. The Bertz CT molecular complexity index is 734. The number of hydrogen-bond acceptors (Lipinski definition) is 6. The minimum absolute atomic E-state index is 0.0458. The van der Waals surface area contributed by atoms with Gasteiger partial charge in [-0.05, 0) is 24.6 Å². The molecule has 4 amide bonds. The van der Waals surface area contributed by atoms with Crippen LogP contribution in [0.5, 0.6) is 0 Å². The van der Waals surface area contributed by atoms with E-state index in [9.17, 15) is 19.2 Å². The quantitative estimate of drug-likeness (QED) is 0.432. The number of benzene rings is 1. The zero-order valence-electron chi connectivity index (χ0n) is 15.4. The van der Waals surface area contributed by atoms with Crippen molar-refractivity contribution in [3.8, 4) is 0 Å². The van der Waals surface area contributed by atoms with Crippen molar-refractivity contribution in [2.75, 3.05) is 47.1 Å². The van der Waals surface area contributed by atoms with Crippen molar-refractivity contribution < 1.29 is 28.7 Å². The van der Waals surface area contributed by atoms with Gasteiger partial charge in [0.15, 0.2) is 0 Å². The lowest BCUT2D eigenvalue weighted by molar-refractivity contribution is -0.124. The summed E-state index contributed by atoms with van der Waals surface area (Å²) in [6, 6.07) is 4.41. The molecule has 9 heteroatoms. The maximum atomic E-state index is 12.4. The minimum Gasteiger partial charge on any atom is -0.385 e. The third-order valence-corrected chi connectivity index (χ3v) is 3.97. The second-order valence-corrected chi connectivity index (χ2v) is 5.91. The van der Waals surface area contributed by atoms with E-state index < -0.39 is 11.8 Å². The van der Waals surface area contributed by atoms with Gasteiger partial charge in [0.25, 0.3) is 17.7 Å². The molecule has 9 nitrogen and oxygen atoms in total. The van der Waals surface area contributed by atoms with Gasteiger partial charge in [0, 0.05) is 46.0 Å². The monoisotopic (exact) mass is 377 g/mol. The number of ether oxygens (including phenoxy) is 2. The van der Waals surface area contributed by atoms with Crippen LogP contribution < -0.4 is 10.6 Å². The van der Waals surface area contributed by atoms with Crippen LogP contribution in [0.4, 0.5) is 0 Å². The van der Waals surface area contributed by atoms with Gasteiger partial charge < -0.3 is 20.1 Å². The van der Waals surface area contributed by atoms with Crippen LogP contribution in [0.1, 0.15) is 37.5 Å². The first kappa shape index (κ1) is 20.5. The van der Waals surface area contributed by atoms with E-state index in [0.29, 0.717) is 18.6 Å². The Kier molecular flexibility index (Phi) is 7.44. The van der Waals surface area contributed by atoms with Gasteiger partial charge in [-0.2, -0.15) is 0 Å². The average molecular weight is 377 g/mol. The van der Waals surface area contributed by atoms with Gasteiger partial charge in [0.1, 0.15) is 6.61 Å². The summed E-state index contributed by atoms with van der Waals surface area (Å²) in [6.07, 6.45) is 0.546. The number of rotatable bonds is 10.